The molecule has 1 saturated heterocycles. The number of imide groups is 1. The molecule has 21 nitrogen and oxygen atoms in total. The van der Waals surface area contributed by atoms with Gasteiger partial charge in [-0.15, -0.1) is 0 Å². The van der Waals surface area contributed by atoms with Gasteiger partial charge in [0.2, 0.25) is 12.0 Å². The lowest BCUT2D eigenvalue weighted by molar-refractivity contribution is -0.346. The third kappa shape index (κ3) is 10.9. The van der Waals surface area contributed by atoms with Crippen molar-refractivity contribution in [2.24, 2.45) is 16.7 Å². The summed E-state index contributed by atoms with van der Waals surface area (Å²) in [6.07, 6.45) is -10.8. The Morgan fingerprint density at radius 1 is 0.812 bits per heavy atom. The summed E-state index contributed by atoms with van der Waals surface area (Å²) in [5, 5.41) is 31.7. The van der Waals surface area contributed by atoms with Crippen LogP contribution in [0.1, 0.15) is 113 Å². The number of Topliss-reactive ketones (excluding diaryl/α,β-unsaturated/α-hetero) is 1. The minimum atomic E-state index is -2.52. The van der Waals surface area contributed by atoms with E-state index in [-0.39, 0.29) is 72.4 Å². The average molecular weight is 1100 g/mol. The zero-order valence-electron chi connectivity index (χ0n) is 45.4. The summed E-state index contributed by atoms with van der Waals surface area (Å²) in [4.78, 5) is 139. The third-order valence-electron chi connectivity index (χ3n) is 16.3. The zero-order valence-corrected chi connectivity index (χ0v) is 45.4. The van der Waals surface area contributed by atoms with Crippen LogP contribution in [-0.4, -0.2) is 142 Å². The van der Waals surface area contributed by atoms with Crippen molar-refractivity contribution in [1.82, 2.24) is 15.5 Å². The lowest BCUT2D eigenvalue weighted by Crippen LogP contribution is -2.82. The number of amides is 4. The molecule has 2 bridgehead atoms. The maximum atomic E-state index is 15.8. The highest BCUT2D eigenvalue weighted by molar-refractivity contribution is 6.15. The molecule has 4 N–H and O–H groups in total. The van der Waals surface area contributed by atoms with Crippen molar-refractivity contribution >= 4 is 59.3 Å². The Kier molecular flexibility index (Phi) is 16.8. The number of aliphatic hydroxyl groups is 2. The summed E-state index contributed by atoms with van der Waals surface area (Å²) in [5.41, 5.74) is -7.57. The molecule has 11 atom stereocenters. The Morgan fingerprint density at radius 2 is 1.44 bits per heavy atom. The second-order valence-corrected chi connectivity index (χ2v) is 21.6. The molecule has 0 aromatic heterocycles. The smallest absolute Gasteiger partial charge is 0.350 e. The van der Waals surface area contributed by atoms with Gasteiger partial charge in [0, 0.05) is 75.2 Å². The van der Waals surface area contributed by atoms with Crippen LogP contribution >= 0.6 is 0 Å². The van der Waals surface area contributed by atoms with Crippen molar-refractivity contribution in [3.63, 3.8) is 0 Å². The van der Waals surface area contributed by atoms with Gasteiger partial charge in [-0.05, 0) is 68.2 Å². The Labute approximate surface area is 461 Å². The summed E-state index contributed by atoms with van der Waals surface area (Å²) in [6.45, 7) is 9.06. The highest BCUT2D eigenvalue weighted by atomic mass is 16.6. The number of benzene rings is 3. The van der Waals surface area contributed by atoms with E-state index in [1.54, 1.807) is 66.7 Å². The predicted molar refractivity (Wildman–Crippen MR) is 279 cm³/mol. The minimum Gasteiger partial charge on any atom is -0.455 e. The quantitative estimate of drug-likeness (QED) is 0.0608. The number of aliphatic hydroxyl groups excluding tert-OH is 1. The number of esters is 5. The molecule has 80 heavy (non-hydrogen) atoms. The fourth-order valence-corrected chi connectivity index (χ4v) is 12.1. The number of hydrogen-bond donors (Lipinski definition) is 4. The summed E-state index contributed by atoms with van der Waals surface area (Å²) < 4.78 is 36.9. The summed E-state index contributed by atoms with van der Waals surface area (Å²) in [6, 6.07) is 22.2. The van der Waals surface area contributed by atoms with Crippen LogP contribution in [0.2, 0.25) is 0 Å². The van der Waals surface area contributed by atoms with Gasteiger partial charge in [-0.2, -0.15) is 0 Å². The van der Waals surface area contributed by atoms with Gasteiger partial charge in [0.05, 0.1) is 29.6 Å². The van der Waals surface area contributed by atoms with E-state index in [1.165, 1.54) is 65.0 Å². The lowest BCUT2D eigenvalue weighted by atomic mass is 9.44. The number of carbonyl (C=O) groups excluding carboxylic acids is 10. The van der Waals surface area contributed by atoms with Gasteiger partial charge in [0.15, 0.2) is 17.5 Å². The van der Waals surface area contributed by atoms with Crippen LogP contribution in [0.5, 0.6) is 0 Å². The first kappa shape index (κ1) is 58.3. The number of ketones is 1. The van der Waals surface area contributed by atoms with Crippen molar-refractivity contribution < 1.29 is 86.6 Å². The molecule has 0 spiro atoms. The highest BCUT2D eigenvalue weighted by Gasteiger charge is 2.78. The molecule has 2 saturated carbocycles. The summed E-state index contributed by atoms with van der Waals surface area (Å²) >= 11 is 0. The molecule has 2 aliphatic heterocycles. The monoisotopic (exact) mass is 1100 g/mol. The van der Waals surface area contributed by atoms with E-state index >= 15 is 9.59 Å². The lowest BCUT2D eigenvalue weighted by Gasteiger charge is -2.67. The molecular formula is C59H65N3O18. The van der Waals surface area contributed by atoms with E-state index in [0.717, 1.165) is 18.7 Å². The van der Waals surface area contributed by atoms with E-state index in [1.807, 2.05) is 0 Å². The average Bonchev–Trinajstić information content (AvgIpc) is 3.66. The number of rotatable bonds is 18. The van der Waals surface area contributed by atoms with Gasteiger partial charge >= 0.3 is 29.8 Å². The normalized spacial score (nSPS) is 28.2. The fraction of sp³-hybridized carbons (Fsp3) is 0.458. The maximum absolute atomic E-state index is 15.8. The van der Waals surface area contributed by atoms with Crippen LogP contribution in [0, 0.1) is 16.7 Å². The van der Waals surface area contributed by atoms with Gasteiger partial charge in [0.1, 0.15) is 30.0 Å². The van der Waals surface area contributed by atoms with Crippen molar-refractivity contribution in [3.05, 3.63) is 130 Å². The van der Waals surface area contributed by atoms with E-state index in [9.17, 15) is 48.6 Å². The first-order valence-corrected chi connectivity index (χ1v) is 26.4. The number of fused-ring (bicyclic) bond motifs is 5. The van der Waals surface area contributed by atoms with Crippen molar-refractivity contribution in [1.29, 1.82) is 0 Å². The topological polar surface area (TPSA) is 294 Å². The minimum absolute atomic E-state index is 0.0161. The number of nitrogens with zero attached hydrogens (tertiary/aromatic N) is 1. The van der Waals surface area contributed by atoms with Crippen LogP contribution in [0.15, 0.2) is 114 Å². The molecular weight excluding hydrogens is 1040 g/mol. The van der Waals surface area contributed by atoms with Crippen LogP contribution in [-0.2, 0) is 66.8 Å². The number of hydrogen-bond acceptors (Lipinski definition) is 18. The van der Waals surface area contributed by atoms with Crippen molar-refractivity contribution in [2.45, 2.75) is 134 Å². The molecule has 3 fully saturated rings. The molecule has 2 heterocycles. The van der Waals surface area contributed by atoms with Gasteiger partial charge in [-0.3, -0.25) is 43.3 Å². The van der Waals surface area contributed by atoms with Gasteiger partial charge in [-0.25, -0.2) is 9.59 Å². The SMILES string of the molecule is CC(=O)O[C@H]1C(=O)[C@@]2(C)[C@H]([C@H](OC(=O)c3ccccc3)[C@]3(O)C[C@H](OC(=O)[C@H](OC(=O)CCCC(=O)NCCN4C(=O)C=C(C)C4=O)[C@H](NC(=O)c4ccccc4)c4ccccc4)C(C)=C1C3(C)C)[C@]1(OC(C)=O)CO[C@@H]1C[C@@H]2O. The predicted octanol–water partition coefficient (Wildman–Crippen LogP) is 3.89. The standard InChI is InChI=1S/C59H65N3O18/c1-32-28-43(67)62(53(32)71)27-26-60-42(66)24-17-25-44(68)78-48(46(36-18-11-8-12-19-36)61-52(70)37-20-13-9-14-21-37)55(73)77-39-30-59(74)51(79-54(72)38-22-15-10-16-23-38)49-57(7,40(65)29-41-58(49,31-75-41)80-35(4)64)50(69)47(76-34(3)63)45(33(39)2)56(59,5)6/h8-16,18-23,28,39-41,46-49,51,65,74H,17,24-27,29-31H2,1-7H3,(H,60,66)(H,61,70)/t39-,40-,41+,46+,47+,48+,49-,51-,57+,58-,59+/m0/s1. The molecule has 21 heteroatoms. The maximum Gasteiger partial charge on any atom is 0.350 e. The fourth-order valence-electron chi connectivity index (χ4n) is 12.1. The van der Waals surface area contributed by atoms with E-state index in [2.05, 4.69) is 10.6 Å². The van der Waals surface area contributed by atoms with Crippen LogP contribution < -0.4 is 10.6 Å². The molecule has 0 radical (unpaired) electrons. The van der Waals surface area contributed by atoms with Gasteiger partial charge in [-0.1, -0.05) is 80.6 Å². The third-order valence-corrected chi connectivity index (χ3v) is 16.3. The van der Waals surface area contributed by atoms with Gasteiger partial charge in [0.25, 0.3) is 17.7 Å². The first-order valence-electron chi connectivity index (χ1n) is 26.4. The Hall–Kier alpha value is -7.88. The van der Waals surface area contributed by atoms with Crippen LogP contribution in [0.4, 0.5) is 0 Å². The Bertz CT molecular complexity index is 3030. The number of carbonyl (C=O) groups is 10. The number of ether oxygens (including phenoxy) is 6. The second-order valence-electron chi connectivity index (χ2n) is 21.6. The summed E-state index contributed by atoms with van der Waals surface area (Å²) in [5.74, 6) is -9.82. The summed E-state index contributed by atoms with van der Waals surface area (Å²) in [7, 11) is 0. The van der Waals surface area contributed by atoms with Crippen molar-refractivity contribution in [3.8, 4) is 0 Å². The van der Waals surface area contributed by atoms with Crippen LogP contribution in [0.25, 0.3) is 0 Å². The first-order chi connectivity index (χ1) is 37.8. The Morgan fingerprint density at radius 3 is 2.01 bits per heavy atom. The molecule has 3 aliphatic carbocycles. The molecule has 5 aliphatic rings. The highest BCUT2D eigenvalue weighted by Crippen LogP contribution is 2.64. The van der Waals surface area contributed by atoms with E-state index in [0.29, 0.717) is 0 Å². The molecule has 3 aromatic carbocycles. The van der Waals surface area contributed by atoms with Crippen molar-refractivity contribution in [2.75, 3.05) is 19.7 Å². The van der Waals surface area contributed by atoms with Gasteiger partial charge < -0.3 is 49.3 Å². The largest absolute Gasteiger partial charge is 0.455 e. The second kappa shape index (κ2) is 23.1. The molecule has 0 unspecified atom stereocenters. The molecule has 4 amide bonds. The van der Waals surface area contributed by atoms with Crippen LogP contribution in [0.3, 0.4) is 0 Å². The number of nitrogens with one attached hydrogen (secondary N) is 2. The van der Waals surface area contributed by atoms with E-state index in [4.69, 9.17) is 28.4 Å². The Balaban J connectivity index is 1.19. The molecule has 424 valence electrons. The molecule has 3 aromatic rings. The molecule has 8 rings (SSSR count). The zero-order chi connectivity index (χ0) is 58.1. The van der Waals surface area contributed by atoms with E-state index < -0.39 is 143 Å².